The molecule has 0 aromatic rings. The van der Waals surface area contributed by atoms with Crippen molar-refractivity contribution in [3.05, 3.63) is 0 Å². The van der Waals surface area contributed by atoms with E-state index in [1.165, 1.54) is 0 Å². The summed E-state index contributed by atoms with van der Waals surface area (Å²) >= 11 is 0. The molecule has 0 bridgehead atoms. The Morgan fingerprint density at radius 1 is 0.875 bits per heavy atom. The van der Waals surface area contributed by atoms with Crippen molar-refractivity contribution in [2.75, 3.05) is 39.3 Å². The summed E-state index contributed by atoms with van der Waals surface area (Å²) in [4.78, 5) is 27.8. The van der Waals surface area contributed by atoms with E-state index < -0.39 is 0 Å². The summed E-state index contributed by atoms with van der Waals surface area (Å²) in [6.07, 6.45) is 0. The molecular formula is C10H16N4O2. The first-order chi connectivity index (χ1) is 7.72. The van der Waals surface area contributed by atoms with Crippen LogP contribution in [0.1, 0.15) is 0 Å². The molecule has 2 amide bonds. The van der Waals surface area contributed by atoms with Gasteiger partial charge in [0.25, 0.3) is 0 Å². The lowest BCUT2D eigenvalue weighted by Crippen LogP contribution is -2.65. The third-order valence-corrected chi connectivity index (χ3v) is 3.23. The van der Waals surface area contributed by atoms with Crippen molar-refractivity contribution in [2.45, 2.75) is 12.1 Å². The highest BCUT2D eigenvalue weighted by Gasteiger charge is 2.37. The Morgan fingerprint density at radius 3 is 1.56 bits per heavy atom. The number of nitrogens with one attached hydrogen (secondary N) is 2. The van der Waals surface area contributed by atoms with Gasteiger partial charge in [-0.25, -0.2) is 0 Å². The number of nitrogens with zero attached hydrogens (tertiary/aromatic N) is 2. The molecule has 3 aliphatic rings. The molecule has 2 unspecified atom stereocenters. The average Bonchev–Trinajstić information content (AvgIpc) is 3.08. The van der Waals surface area contributed by atoms with Gasteiger partial charge in [-0.15, -0.1) is 0 Å². The Morgan fingerprint density at radius 2 is 1.25 bits per heavy atom. The number of hydrogen-bond donors (Lipinski definition) is 2. The van der Waals surface area contributed by atoms with Crippen LogP contribution in [-0.4, -0.2) is 73.0 Å². The number of carbonyl (C=O) groups is 2. The minimum absolute atomic E-state index is 0.0432. The van der Waals surface area contributed by atoms with Gasteiger partial charge in [0.15, 0.2) is 0 Å². The maximum Gasteiger partial charge on any atom is 0.244 e. The highest BCUT2D eigenvalue weighted by atomic mass is 16.2. The number of rotatable bonds is 4. The molecule has 0 saturated carbocycles. The van der Waals surface area contributed by atoms with Crippen molar-refractivity contribution < 1.29 is 9.59 Å². The molecule has 3 fully saturated rings. The number of hydrogen-bond acceptors (Lipinski definition) is 4. The summed E-state index contributed by atoms with van der Waals surface area (Å²) in [6.45, 7) is 5.45. The summed E-state index contributed by atoms with van der Waals surface area (Å²) in [5.41, 5.74) is 0. The Bertz CT molecular complexity index is 293. The molecular weight excluding hydrogens is 208 g/mol. The van der Waals surface area contributed by atoms with E-state index >= 15 is 0 Å². The smallest absolute Gasteiger partial charge is 0.244 e. The lowest BCUT2D eigenvalue weighted by molar-refractivity contribution is -0.137. The van der Waals surface area contributed by atoms with Gasteiger partial charge in [-0.05, 0) is 0 Å². The molecule has 88 valence electrons. The summed E-state index contributed by atoms with van der Waals surface area (Å²) < 4.78 is 0. The third-order valence-electron chi connectivity index (χ3n) is 3.23. The standard InChI is InChI=1S/C10H16N4O2/c15-9-7(5-13-1-2-13)11-10(16)8(12-9)6-14-3-4-14/h7-8H,1-6H2,(H,11,16)(H,12,15). The van der Waals surface area contributed by atoms with Crippen molar-refractivity contribution in [3.8, 4) is 0 Å². The zero-order valence-corrected chi connectivity index (χ0v) is 9.11. The molecule has 2 atom stereocenters. The lowest BCUT2D eigenvalue weighted by atomic mass is 10.1. The van der Waals surface area contributed by atoms with Crippen molar-refractivity contribution in [3.63, 3.8) is 0 Å². The van der Waals surface area contributed by atoms with Crippen LogP contribution in [0, 0.1) is 0 Å². The average molecular weight is 224 g/mol. The van der Waals surface area contributed by atoms with E-state index in [9.17, 15) is 9.59 Å². The van der Waals surface area contributed by atoms with Crippen molar-refractivity contribution in [1.82, 2.24) is 20.4 Å². The normalized spacial score (nSPS) is 34.5. The molecule has 0 aliphatic carbocycles. The molecule has 16 heavy (non-hydrogen) atoms. The van der Waals surface area contributed by atoms with Crippen LogP contribution in [0.3, 0.4) is 0 Å². The first kappa shape index (κ1) is 10.0. The number of amides is 2. The minimum Gasteiger partial charge on any atom is -0.341 e. The van der Waals surface area contributed by atoms with Gasteiger partial charge in [-0.2, -0.15) is 0 Å². The van der Waals surface area contributed by atoms with Crippen molar-refractivity contribution >= 4 is 11.8 Å². The Labute approximate surface area is 93.9 Å². The van der Waals surface area contributed by atoms with Gasteiger partial charge in [-0.3, -0.25) is 19.4 Å². The second-order valence-electron chi connectivity index (χ2n) is 4.72. The van der Waals surface area contributed by atoms with Gasteiger partial charge >= 0.3 is 0 Å². The third kappa shape index (κ3) is 2.17. The first-order valence-corrected chi connectivity index (χ1v) is 5.78. The summed E-state index contributed by atoms with van der Waals surface area (Å²) in [5, 5.41) is 5.60. The fraction of sp³-hybridized carbons (Fsp3) is 0.800. The molecule has 0 aromatic carbocycles. The topological polar surface area (TPSA) is 64.2 Å². The summed E-state index contributed by atoms with van der Waals surface area (Å²) in [7, 11) is 0. The van der Waals surface area contributed by atoms with Crippen LogP contribution in [0.15, 0.2) is 0 Å². The highest BCUT2D eigenvalue weighted by molar-refractivity contribution is 5.97. The van der Waals surface area contributed by atoms with Gasteiger partial charge in [0.2, 0.25) is 11.8 Å². The molecule has 0 aromatic heterocycles. The van der Waals surface area contributed by atoms with Crippen molar-refractivity contribution in [2.24, 2.45) is 0 Å². The van der Waals surface area contributed by atoms with Gasteiger partial charge < -0.3 is 10.6 Å². The monoisotopic (exact) mass is 224 g/mol. The van der Waals surface area contributed by atoms with Gasteiger partial charge in [0, 0.05) is 39.3 Å². The van der Waals surface area contributed by atoms with Gasteiger partial charge in [0.05, 0.1) is 0 Å². The van der Waals surface area contributed by atoms with E-state index in [1.807, 2.05) is 0 Å². The molecule has 3 aliphatic heterocycles. The molecule has 3 saturated heterocycles. The highest BCUT2D eigenvalue weighted by Crippen LogP contribution is 2.10. The summed E-state index contributed by atoms with van der Waals surface area (Å²) in [6, 6.07) is -0.721. The maximum atomic E-state index is 11.7. The van der Waals surface area contributed by atoms with Crippen LogP contribution < -0.4 is 10.6 Å². The van der Waals surface area contributed by atoms with Gasteiger partial charge in [0.1, 0.15) is 12.1 Å². The zero-order chi connectivity index (χ0) is 11.1. The van der Waals surface area contributed by atoms with Crippen LogP contribution in [-0.2, 0) is 9.59 Å². The fourth-order valence-corrected chi connectivity index (χ4v) is 1.96. The van der Waals surface area contributed by atoms with Crippen LogP contribution in [0.5, 0.6) is 0 Å². The van der Waals surface area contributed by atoms with E-state index in [2.05, 4.69) is 20.4 Å². The van der Waals surface area contributed by atoms with Crippen LogP contribution in [0.2, 0.25) is 0 Å². The summed E-state index contributed by atoms with van der Waals surface area (Å²) in [5.74, 6) is -0.0864. The van der Waals surface area contributed by atoms with E-state index in [0.29, 0.717) is 13.1 Å². The van der Waals surface area contributed by atoms with Gasteiger partial charge in [-0.1, -0.05) is 0 Å². The molecule has 0 radical (unpaired) electrons. The molecule has 6 heteroatoms. The second kappa shape index (κ2) is 3.71. The zero-order valence-electron chi connectivity index (χ0n) is 9.11. The van der Waals surface area contributed by atoms with Crippen LogP contribution >= 0.6 is 0 Å². The largest absolute Gasteiger partial charge is 0.341 e. The predicted molar refractivity (Wildman–Crippen MR) is 56.7 cm³/mol. The first-order valence-electron chi connectivity index (χ1n) is 5.78. The SMILES string of the molecule is O=C1NC(CN2CC2)C(=O)NC1CN1CC1. The predicted octanol–water partition coefficient (Wildman–Crippen LogP) is -2.40. The second-order valence-corrected chi connectivity index (χ2v) is 4.72. The van der Waals surface area contributed by atoms with E-state index in [-0.39, 0.29) is 23.9 Å². The fourth-order valence-electron chi connectivity index (χ4n) is 1.96. The Balaban J connectivity index is 1.57. The molecule has 3 heterocycles. The van der Waals surface area contributed by atoms with Crippen molar-refractivity contribution in [1.29, 1.82) is 0 Å². The quantitative estimate of drug-likeness (QED) is 0.523. The molecule has 3 rings (SSSR count). The maximum absolute atomic E-state index is 11.7. The van der Waals surface area contributed by atoms with E-state index in [4.69, 9.17) is 0 Å². The minimum atomic E-state index is -0.361. The van der Waals surface area contributed by atoms with E-state index in [1.54, 1.807) is 0 Å². The molecule has 6 nitrogen and oxygen atoms in total. The van der Waals surface area contributed by atoms with Crippen LogP contribution in [0.4, 0.5) is 0 Å². The van der Waals surface area contributed by atoms with E-state index in [0.717, 1.165) is 26.2 Å². The Hall–Kier alpha value is -1.14. The number of piperazine rings is 1. The molecule has 2 N–H and O–H groups in total. The Kier molecular flexibility index (Phi) is 2.33. The number of carbonyl (C=O) groups excluding carboxylic acids is 2. The molecule has 0 spiro atoms. The lowest BCUT2D eigenvalue weighted by Gasteiger charge is -2.29. The van der Waals surface area contributed by atoms with Crippen LogP contribution in [0.25, 0.3) is 0 Å².